The van der Waals surface area contributed by atoms with E-state index in [1.54, 1.807) is 12.4 Å². The molecule has 0 aliphatic heterocycles. The van der Waals surface area contributed by atoms with E-state index in [1.807, 2.05) is 24.3 Å². The van der Waals surface area contributed by atoms with Crippen molar-refractivity contribution < 1.29 is 0 Å². The molecule has 2 nitrogen and oxygen atoms in total. The van der Waals surface area contributed by atoms with Gasteiger partial charge in [0.2, 0.25) is 0 Å². The molecule has 0 atom stereocenters. The average Bonchev–Trinajstić information content (AvgIpc) is 2.93. The van der Waals surface area contributed by atoms with Gasteiger partial charge in [0, 0.05) is 0 Å². The van der Waals surface area contributed by atoms with Crippen LogP contribution in [-0.4, -0.2) is 9.97 Å². The number of nitrogens with zero attached hydrogens (tertiary/aromatic N) is 2. The van der Waals surface area contributed by atoms with Gasteiger partial charge in [0.15, 0.2) is 0 Å². The summed E-state index contributed by atoms with van der Waals surface area (Å²) in [6.45, 7) is 0. The van der Waals surface area contributed by atoms with Crippen molar-refractivity contribution >= 4 is 24.3 Å². The Hall–Kier alpha value is -4.56. The first-order chi connectivity index (χ1) is 16.8. The van der Waals surface area contributed by atoms with E-state index in [1.165, 1.54) is 22.3 Å². The maximum Gasteiger partial charge on any atom is 0.0813 e. The van der Waals surface area contributed by atoms with Gasteiger partial charge in [0.1, 0.15) is 0 Å². The molecule has 0 N–H and O–H groups in total. The summed E-state index contributed by atoms with van der Waals surface area (Å²) >= 11 is 0. The summed E-state index contributed by atoms with van der Waals surface area (Å²) in [5.41, 5.74) is 8.79. The van der Waals surface area contributed by atoms with Gasteiger partial charge in [-0.05, 0) is 45.5 Å². The second-order valence-corrected chi connectivity index (χ2v) is 8.01. The minimum atomic E-state index is 0.830. The van der Waals surface area contributed by atoms with Crippen LogP contribution in [0.2, 0.25) is 0 Å². The number of benzene rings is 4. The second kappa shape index (κ2) is 10.4. The molecule has 0 bridgehead atoms. The Balaban J connectivity index is 1.21. The van der Waals surface area contributed by atoms with Crippen LogP contribution in [0.25, 0.3) is 46.6 Å². The molecule has 34 heavy (non-hydrogen) atoms. The van der Waals surface area contributed by atoms with E-state index in [0.717, 1.165) is 22.5 Å². The number of aromatic nitrogens is 2. The van der Waals surface area contributed by atoms with Crippen LogP contribution in [0.5, 0.6) is 0 Å². The molecule has 4 aromatic carbocycles. The standard InChI is InChI=1S/C32H24N2/c1-3-7-27(8-4-1)29-17-11-25(12-18-29)15-21-31-23-34-32(24-33-31)22-16-26-13-19-30(20-14-26)28-9-5-2-6-10-28/h1-24H/b21-15+,22-16+. The quantitative estimate of drug-likeness (QED) is 0.268. The molecular weight excluding hydrogens is 412 g/mol. The summed E-state index contributed by atoms with van der Waals surface area (Å²) in [4.78, 5) is 9.05. The molecule has 0 unspecified atom stereocenters. The Morgan fingerprint density at radius 2 is 0.706 bits per heavy atom. The third-order valence-corrected chi connectivity index (χ3v) is 5.62. The number of hydrogen-bond acceptors (Lipinski definition) is 2. The van der Waals surface area contributed by atoms with Crippen molar-refractivity contribution in [3.8, 4) is 22.3 Å². The fraction of sp³-hybridized carbons (Fsp3) is 0. The highest BCUT2D eigenvalue weighted by Gasteiger charge is 1.98. The van der Waals surface area contributed by atoms with Gasteiger partial charge < -0.3 is 0 Å². The van der Waals surface area contributed by atoms with E-state index in [0.29, 0.717) is 0 Å². The third kappa shape index (κ3) is 5.43. The summed E-state index contributed by atoms with van der Waals surface area (Å²) in [5.74, 6) is 0. The summed E-state index contributed by atoms with van der Waals surface area (Å²) in [6.07, 6.45) is 11.7. The minimum absolute atomic E-state index is 0.830. The molecule has 5 aromatic rings. The topological polar surface area (TPSA) is 25.8 Å². The van der Waals surface area contributed by atoms with E-state index >= 15 is 0 Å². The van der Waals surface area contributed by atoms with Crippen LogP contribution in [-0.2, 0) is 0 Å². The SMILES string of the molecule is C(=C\c1cnc(/C=C/c2ccc(-c3ccccc3)cc2)cn1)/c1ccc(-c2ccccc2)cc1. The second-order valence-electron chi connectivity index (χ2n) is 8.01. The van der Waals surface area contributed by atoms with Crippen molar-refractivity contribution in [3.05, 3.63) is 144 Å². The molecule has 0 spiro atoms. The van der Waals surface area contributed by atoms with E-state index in [2.05, 4.69) is 119 Å². The molecule has 1 heterocycles. The fourth-order valence-electron chi connectivity index (χ4n) is 3.72. The first kappa shape index (κ1) is 21.3. The normalized spacial score (nSPS) is 11.3. The molecule has 0 fully saturated rings. The maximum absolute atomic E-state index is 4.52. The van der Waals surface area contributed by atoms with Gasteiger partial charge in [0.05, 0.1) is 23.8 Å². The van der Waals surface area contributed by atoms with Crippen molar-refractivity contribution in [2.75, 3.05) is 0 Å². The molecule has 162 valence electrons. The molecule has 0 radical (unpaired) electrons. The summed E-state index contributed by atoms with van der Waals surface area (Å²) in [7, 11) is 0. The van der Waals surface area contributed by atoms with E-state index in [9.17, 15) is 0 Å². The molecule has 0 amide bonds. The molecule has 1 aromatic heterocycles. The predicted octanol–water partition coefficient (Wildman–Crippen LogP) is 8.15. The Kier molecular flexibility index (Phi) is 6.50. The van der Waals surface area contributed by atoms with Crippen LogP contribution >= 0.6 is 0 Å². The highest BCUT2D eigenvalue weighted by atomic mass is 14.8. The van der Waals surface area contributed by atoms with E-state index in [-0.39, 0.29) is 0 Å². The van der Waals surface area contributed by atoms with Crippen LogP contribution in [0.3, 0.4) is 0 Å². The van der Waals surface area contributed by atoms with Crippen LogP contribution in [0.4, 0.5) is 0 Å². The van der Waals surface area contributed by atoms with Gasteiger partial charge in [-0.3, -0.25) is 9.97 Å². The number of hydrogen-bond donors (Lipinski definition) is 0. The predicted molar refractivity (Wildman–Crippen MR) is 144 cm³/mol. The first-order valence-corrected chi connectivity index (χ1v) is 11.3. The molecule has 0 aliphatic carbocycles. The van der Waals surface area contributed by atoms with Crippen LogP contribution in [0, 0.1) is 0 Å². The average molecular weight is 437 g/mol. The van der Waals surface area contributed by atoms with E-state index < -0.39 is 0 Å². The zero-order valence-corrected chi connectivity index (χ0v) is 18.8. The van der Waals surface area contributed by atoms with Crippen molar-refractivity contribution in [3.63, 3.8) is 0 Å². The molecule has 0 saturated carbocycles. The largest absolute Gasteiger partial charge is 0.253 e. The molecule has 0 saturated heterocycles. The van der Waals surface area contributed by atoms with Crippen molar-refractivity contribution in [2.45, 2.75) is 0 Å². The van der Waals surface area contributed by atoms with Crippen LogP contribution in [0.1, 0.15) is 22.5 Å². The highest BCUT2D eigenvalue weighted by Crippen LogP contribution is 2.21. The zero-order chi connectivity index (χ0) is 23.0. The van der Waals surface area contributed by atoms with Gasteiger partial charge in [-0.2, -0.15) is 0 Å². The summed E-state index contributed by atoms with van der Waals surface area (Å²) < 4.78 is 0. The van der Waals surface area contributed by atoms with Crippen LogP contribution in [0.15, 0.2) is 122 Å². The lowest BCUT2D eigenvalue weighted by Gasteiger charge is -2.02. The van der Waals surface area contributed by atoms with E-state index in [4.69, 9.17) is 0 Å². The molecular formula is C32H24N2. The Labute approximate surface area is 200 Å². The lowest BCUT2D eigenvalue weighted by Crippen LogP contribution is -1.86. The summed E-state index contributed by atoms with van der Waals surface area (Å²) in [6, 6.07) is 37.8. The van der Waals surface area contributed by atoms with Crippen molar-refractivity contribution in [1.82, 2.24) is 9.97 Å². The number of rotatable bonds is 6. The monoisotopic (exact) mass is 436 g/mol. The fourth-order valence-corrected chi connectivity index (χ4v) is 3.72. The van der Waals surface area contributed by atoms with Gasteiger partial charge in [-0.15, -0.1) is 0 Å². The molecule has 0 aliphatic rings. The van der Waals surface area contributed by atoms with Crippen LogP contribution < -0.4 is 0 Å². The maximum atomic E-state index is 4.52. The van der Waals surface area contributed by atoms with Crippen molar-refractivity contribution in [2.24, 2.45) is 0 Å². The summed E-state index contributed by atoms with van der Waals surface area (Å²) in [5, 5.41) is 0. The third-order valence-electron chi connectivity index (χ3n) is 5.62. The van der Waals surface area contributed by atoms with Gasteiger partial charge in [0.25, 0.3) is 0 Å². The van der Waals surface area contributed by atoms with Gasteiger partial charge in [-0.25, -0.2) is 0 Å². The molecule has 2 heteroatoms. The Morgan fingerprint density at radius 1 is 0.353 bits per heavy atom. The minimum Gasteiger partial charge on any atom is -0.253 e. The first-order valence-electron chi connectivity index (χ1n) is 11.3. The Bertz CT molecular complexity index is 1270. The molecule has 5 rings (SSSR count). The zero-order valence-electron chi connectivity index (χ0n) is 18.8. The van der Waals surface area contributed by atoms with Crippen molar-refractivity contribution in [1.29, 1.82) is 0 Å². The lowest BCUT2D eigenvalue weighted by molar-refractivity contribution is 1.16. The highest BCUT2D eigenvalue weighted by molar-refractivity contribution is 5.73. The smallest absolute Gasteiger partial charge is 0.0813 e. The van der Waals surface area contributed by atoms with Gasteiger partial charge >= 0.3 is 0 Å². The van der Waals surface area contributed by atoms with Gasteiger partial charge in [-0.1, -0.05) is 121 Å². The lowest BCUT2D eigenvalue weighted by atomic mass is 10.0. The Morgan fingerprint density at radius 3 is 1.06 bits per heavy atom.